The second-order valence-electron chi connectivity index (χ2n) is 4.91. The summed E-state index contributed by atoms with van der Waals surface area (Å²) < 4.78 is 13.0. The van der Waals surface area contributed by atoms with E-state index in [9.17, 15) is 14.6 Å². The highest BCUT2D eigenvalue weighted by Gasteiger charge is 2.14. The first-order valence-electron chi connectivity index (χ1n) is 6.50. The lowest BCUT2D eigenvalue weighted by Gasteiger charge is -2.21. The van der Waals surface area contributed by atoms with Gasteiger partial charge >= 0.3 is 0 Å². The molecule has 0 aliphatic rings. The summed E-state index contributed by atoms with van der Waals surface area (Å²) in [5, 5.41) is 22.6. The van der Waals surface area contributed by atoms with Crippen LogP contribution in [0, 0.1) is 5.82 Å². The fourth-order valence-corrected chi connectivity index (χ4v) is 2.24. The van der Waals surface area contributed by atoms with E-state index in [4.69, 9.17) is 0 Å². The van der Waals surface area contributed by atoms with Crippen molar-refractivity contribution in [3.05, 3.63) is 59.4 Å². The number of benzene rings is 2. The van der Waals surface area contributed by atoms with E-state index in [0.717, 1.165) is 11.6 Å². The molecule has 4 heteroatoms. The standard InChI is InChI=1S/C16H18FNO2/c1-10(12-4-3-5-14(19)8-12)18-11(2)15-7-6-13(17)9-16(15)20/h3-11,18-20H,1-2H3. The normalized spacial score (nSPS) is 13.9. The Balaban J connectivity index is 2.12. The van der Waals surface area contributed by atoms with Crippen LogP contribution in [0.25, 0.3) is 0 Å². The molecule has 0 spiro atoms. The molecule has 2 aromatic rings. The molecule has 0 saturated heterocycles. The van der Waals surface area contributed by atoms with Crippen molar-refractivity contribution in [2.45, 2.75) is 25.9 Å². The Hall–Kier alpha value is -2.07. The Bertz CT molecular complexity index is 601. The zero-order valence-corrected chi connectivity index (χ0v) is 11.5. The van der Waals surface area contributed by atoms with Crippen molar-refractivity contribution in [2.75, 3.05) is 0 Å². The van der Waals surface area contributed by atoms with Gasteiger partial charge in [-0.25, -0.2) is 4.39 Å². The quantitative estimate of drug-likeness (QED) is 0.798. The van der Waals surface area contributed by atoms with Crippen LogP contribution in [-0.4, -0.2) is 10.2 Å². The molecule has 0 aliphatic carbocycles. The highest BCUT2D eigenvalue weighted by atomic mass is 19.1. The second-order valence-corrected chi connectivity index (χ2v) is 4.91. The van der Waals surface area contributed by atoms with Crippen LogP contribution in [0.15, 0.2) is 42.5 Å². The molecular weight excluding hydrogens is 257 g/mol. The maximum atomic E-state index is 13.0. The van der Waals surface area contributed by atoms with Gasteiger partial charge in [0.1, 0.15) is 17.3 Å². The van der Waals surface area contributed by atoms with Crippen LogP contribution in [-0.2, 0) is 0 Å². The second kappa shape index (κ2) is 5.92. The van der Waals surface area contributed by atoms with Gasteiger partial charge in [-0.05, 0) is 37.6 Å². The van der Waals surface area contributed by atoms with E-state index in [1.165, 1.54) is 6.07 Å². The number of hydrogen-bond acceptors (Lipinski definition) is 3. The molecule has 2 unspecified atom stereocenters. The van der Waals surface area contributed by atoms with E-state index in [-0.39, 0.29) is 23.6 Å². The molecule has 0 fully saturated rings. The minimum atomic E-state index is -0.459. The molecule has 0 saturated carbocycles. The fourth-order valence-electron chi connectivity index (χ4n) is 2.24. The molecule has 2 atom stereocenters. The van der Waals surface area contributed by atoms with Crippen molar-refractivity contribution in [1.82, 2.24) is 5.32 Å². The summed E-state index contributed by atoms with van der Waals surface area (Å²) >= 11 is 0. The molecule has 0 bridgehead atoms. The largest absolute Gasteiger partial charge is 0.508 e. The maximum absolute atomic E-state index is 13.0. The Morgan fingerprint density at radius 1 is 1.00 bits per heavy atom. The van der Waals surface area contributed by atoms with Crippen LogP contribution in [0.2, 0.25) is 0 Å². The van der Waals surface area contributed by atoms with Gasteiger partial charge in [0.2, 0.25) is 0 Å². The van der Waals surface area contributed by atoms with E-state index in [1.807, 2.05) is 19.9 Å². The highest BCUT2D eigenvalue weighted by molar-refractivity contribution is 5.35. The van der Waals surface area contributed by atoms with Crippen LogP contribution in [0.4, 0.5) is 4.39 Å². The first-order chi connectivity index (χ1) is 9.47. The van der Waals surface area contributed by atoms with Crippen molar-refractivity contribution in [1.29, 1.82) is 0 Å². The van der Waals surface area contributed by atoms with Crippen LogP contribution < -0.4 is 5.32 Å². The first-order valence-corrected chi connectivity index (χ1v) is 6.50. The number of aromatic hydroxyl groups is 2. The van der Waals surface area contributed by atoms with Crippen LogP contribution in [0.3, 0.4) is 0 Å². The Morgan fingerprint density at radius 3 is 2.40 bits per heavy atom. The summed E-state index contributed by atoms with van der Waals surface area (Å²) in [4.78, 5) is 0. The third-order valence-corrected chi connectivity index (χ3v) is 3.33. The zero-order valence-electron chi connectivity index (χ0n) is 11.5. The molecular formula is C16H18FNO2. The van der Waals surface area contributed by atoms with E-state index in [1.54, 1.807) is 24.3 Å². The lowest BCUT2D eigenvalue weighted by molar-refractivity contribution is 0.432. The number of nitrogens with one attached hydrogen (secondary N) is 1. The number of phenolic OH excluding ortho intramolecular Hbond substituents is 2. The molecule has 3 nitrogen and oxygen atoms in total. The monoisotopic (exact) mass is 275 g/mol. The lowest BCUT2D eigenvalue weighted by Crippen LogP contribution is -2.22. The van der Waals surface area contributed by atoms with Crippen molar-refractivity contribution >= 4 is 0 Å². The molecule has 2 rings (SSSR count). The summed E-state index contributed by atoms with van der Waals surface area (Å²) in [6, 6.07) is 10.8. The topological polar surface area (TPSA) is 52.5 Å². The maximum Gasteiger partial charge on any atom is 0.126 e. The van der Waals surface area contributed by atoms with Gasteiger partial charge in [0.15, 0.2) is 0 Å². The molecule has 0 amide bonds. The molecule has 20 heavy (non-hydrogen) atoms. The van der Waals surface area contributed by atoms with Gasteiger partial charge in [-0.15, -0.1) is 0 Å². The summed E-state index contributed by atoms with van der Waals surface area (Å²) in [7, 11) is 0. The average Bonchev–Trinajstić information content (AvgIpc) is 2.38. The first kappa shape index (κ1) is 14.3. The summed E-state index contributed by atoms with van der Waals surface area (Å²) in [6.45, 7) is 3.86. The molecule has 2 aromatic carbocycles. The molecule has 0 aliphatic heterocycles. The predicted octanol–water partition coefficient (Wildman–Crippen LogP) is 3.65. The van der Waals surface area contributed by atoms with Crippen molar-refractivity contribution in [3.8, 4) is 11.5 Å². The predicted molar refractivity (Wildman–Crippen MR) is 76.1 cm³/mol. The van der Waals surface area contributed by atoms with Crippen molar-refractivity contribution in [3.63, 3.8) is 0 Å². The fraction of sp³-hybridized carbons (Fsp3) is 0.250. The third kappa shape index (κ3) is 3.27. The Kier molecular flexibility index (Phi) is 4.25. The smallest absolute Gasteiger partial charge is 0.126 e. The van der Waals surface area contributed by atoms with E-state index in [0.29, 0.717) is 5.56 Å². The zero-order chi connectivity index (χ0) is 14.7. The summed E-state index contributed by atoms with van der Waals surface area (Å²) in [5.41, 5.74) is 1.58. The number of hydrogen-bond donors (Lipinski definition) is 3. The Labute approximate surface area is 117 Å². The molecule has 0 heterocycles. The minimum Gasteiger partial charge on any atom is -0.508 e. The molecule has 0 aromatic heterocycles. The summed E-state index contributed by atoms with van der Waals surface area (Å²) in [6.07, 6.45) is 0. The average molecular weight is 275 g/mol. The lowest BCUT2D eigenvalue weighted by atomic mass is 10.0. The van der Waals surface area contributed by atoms with Gasteiger partial charge in [-0.2, -0.15) is 0 Å². The van der Waals surface area contributed by atoms with Crippen molar-refractivity contribution < 1.29 is 14.6 Å². The number of rotatable bonds is 4. The Morgan fingerprint density at radius 2 is 1.75 bits per heavy atom. The van der Waals surface area contributed by atoms with Crippen LogP contribution >= 0.6 is 0 Å². The van der Waals surface area contributed by atoms with Gasteiger partial charge in [0, 0.05) is 23.7 Å². The molecule has 0 radical (unpaired) electrons. The SMILES string of the molecule is CC(NC(C)c1ccc(F)cc1O)c1cccc(O)c1. The van der Waals surface area contributed by atoms with E-state index < -0.39 is 5.82 Å². The van der Waals surface area contributed by atoms with Gasteiger partial charge in [0.05, 0.1) is 0 Å². The molecule has 3 N–H and O–H groups in total. The van der Waals surface area contributed by atoms with Crippen LogP contribution in [0.1, 0.15) is 37.1 Å². The van der Waals surface area contributed by atoms with Gasteiger partial charge in [-0.3, -0.25) is 0 Å². The van der Waals surface area contributed by atoms with E-state index in [2.05, 4.69) is 5.32 Å². The van der Waals surface area contributed by atoms with Gasteiger partial charge in [-0.1, -0.05) is 18.2 Å². The molecule has 106 valence electrons. The van der Waals surface area contributed by atoms with E-state index >= 15 is 0 Å². The summed E-state index contributed by atoms with van der Waals surface area (Å²) in [5.74, 6) is -0.305. The van der Waals surface area contributed by atoms with Crippen molar-refractivity contribution in [2.24, 2.45) is 0 Å². The van der Waals surface area contributed by atoms with Gasteiger partial charge in [0.25, 0.3) is 0 Å². The van der Waals surface area contributed by atoms with Crippen LogP contribution in [0.5, 0.6) is 11.5 Å². The third-order valence-electron chi connectivity index (χ3n) is 3.33. The van der Waals surface area contributed by atoms with Gasteiger partial charge < -0.3 is 15.5 Å². The highest BCUT2D eigenvalue weighted by Crippen LogP contribution is 2.27. The number of phenols is 2. The minimum absolute atomic E-state index is 0.0125. The number of halogens is 1.